The molecule has 0 aliphatic carbocycles. The molecule has 5 aromatic rings. The first-order valence-electron chi connectivity index (χ1n) is 13.4. The molecule has 1 N–H and O–H groups in total. The summed E-state index contributed by atoms with van der Waals surface area (Å²) in [5.41, 5.74) is 2.56. The van der Waals surface area contributed by atoms with Crippen LogP contribution in [0.1, 0.15) is 33.0 Å². The van der Waals surface area contributed by atoms with Crippen molar-refractivity contribution in [2.45, 2.75) is 12.8 Å². The Kier molecular flexibility index (Phi) is 8.37. The number of halogens is 3. The molecule has 0 saturated carbocycles. The fourth-order valence-electron chi connectivity index (χ4n) is 5.27. The Morgan fingerprint density at radius 2 is 1.91 bits per heavy atom. The van der Waals surface area contributed by atoms with Crippen molar-refractivity contribution < 1.29 is 23.1 Å². The summed E-state index contributed by atoms with van der Waals surface area (Å²) in [7, 11) is 1.54. The summed E-state index contributed by atoms with van der Waals surface area (Å²) in [4.78, 5) is 31.1. The maximum atomic E-state index is 14.1. The van der Waals surface area contributed by atoms with Crippen LogP contribution in [-0.2, 0) is 0 Å². The van der Waals surface area contributed by atoms with Crippen molar-refractivity contribution in [2.75, 3.05) is 7.11 Å². The van der Waals surface area contributed by atoms with E-state index < -0.39 is 45.8 Å². The van der Waals surface area contributed by atoms with Crippen LogP contribution in [0.25, 0.3) is 22.1 Å². The Hall–Kier alpha value is -3.92. The molecule has 3 heterocycles. The number of pyridine rings is 1. The molecule has 1 aliphatic rings. The van der Waals surface area contributed by atoms with Gasteiger partial charge in [0.15, 0.2) is 0 Å². The zero-order valence-electron chi connectivity index (χ0n) is 23.4. The van der Waals surface area contributed by atoms with Crippen molar-refractivity contribution in [3.05, 3.63) is 131 Å². The van der Waals surface area contributed by atoms with Gasteiger partial charge in [-0.3, -0.25) is 0 Å². The number of methoxy groups -OCH3 is 1. The number of allylic oxidation sites excluding steroid dienone is 1. The average molecular weight is 731 g/mol. The van der Waals surface area contributed by atoms with E-state index in [2.05, 4.69) is 14.6 Å². The second-order valence-electron chi connectivity index (χ2n) is 10.0. The van der Waals surface area contributed by atoms with Crippen LogP contribution >= 0.6 is 23.2 Å². The third-order valence-corrected chi connectivity index (χ3v) is 10.9. The fourth-order valence-corrected chi connectivity index (χ4v) is 8.25. The first kappa shape index (κ1) is 30.1. The molecule has 1 aliphatic heterocycles. The summed E-state index contributed by atoms with van der Waals surface area (Å²) in [6.45, 7) is 1.63. The summed E-state index contributed by atoms with van der Waals surface area (Å²) in [5, 5.41) is 4.00. The minimum atomic E-state index is -1.92. The van der Waals surface area contributed by atoms with Crippen molar-refractivity contribution in [2.24, 2.45) is 0 Å². The molecule has 218 valence electrons. The maximum absolute atomic E-state index is 14.1. The molecule has 0 fully saturated rings. The van der Waals surface area contributed by atoms with E-state index in [1.807, 2.05) is 12.1 Å². The topological polar surface area (TPSA) is 90.7 Å². The molecule has 0 bridgehead atoms. The molecule has 11 heteroatoms. The van der Waals surface area contributed by atoms with Crippen molar-refractivity contribution in [3.8, 4) is 22.6 Å². The number of nitrogens with zero attached hydrogens (tertiary/aromatic N) is 1. The molecule has 0 radical (unpaired) electrons. The predicted molar refractivity (Wildman–Crippen MR) is 170 cm³/mol. The number of rotatable bonds is 6. The number of hydrogen-bond acceptors (Lipinski definition) is 6. The van der Waals surface area contributed by atoms with Crippen LogP contribution in [0.2, 0.25) is 10.0 Å². The molecule has 1 unspecified atom stereocenters. The summed E-state index contributed by atoms with van der Waals surface area (Å²) < 4.78 is 36.8. The second-order valence-corrected chi connectivity index (χ2v) is 13.8. The van der Waals surface area contributed by atoms with Crippen molar-refractivity contribution in [3.63, 3.8) is 0 Å². The molecule has 7 nitrogen and oxygen atoms in total. The van der Waals surface area contributed by atoms with E-state index >= 15 is 0 Å². The molecule has 0 spiro atoms. The number of carbonyl (C=O) groups excluding carboxylic acids is 1. The SMILES string of the molecule is [CH2]=[In][C]1=C(NC(=O)c2cc(Cl)ccc2Cl)Oc2c(c(=O)oc3ccccc23)C1c1ccc(OC)c(-c2cnc(F)c(C)c2)c1. The Labute approximate surface area is 272 Å². The fraction of sp³-hybridized carbons (Fsp3) is 0.0909. The Morgan fingerprint density at radius 1 is 1.11 bits per heavy atom. The van der Waals surface area contributed by atoms with E-state index in [4.69, 9.17) is 37.1 Å². The molecule has 1 amide bonds. The molecular weight excluding hydrogens is 709 g/mol. The quantitative estimate of drug-likeness (QED) is 0.152. The molecular formula is C33H22Cl2FInN2O5. The molecule has 1 atom stereocenters. The van der Waals surface area contributed by atoms with E-state index in [1.165, 1.54) is 25.4 Å². The van der Waals surface area contributed by atoms with Gasteiger partial charge in [-0.05, 0) is 0 Å². The van der Waals surface area contributed by atoms with E-state index in [-0.39, 0.29) is 27.8 Å². The summed E-state index contributed by atoms with van der Waals surface area (Å²) >= 11 is 10.6. The monoisotopic (exact) mass is 730 g/mol. The third kappa shape index (κ3) is 5.44. The Balaban J connectivity index is 1.59. The van der Waals surface area contributed by atoms with Gasteiger partial charge < -0.3 is 0 Å². The average Bonchev–Trinajstić information content (AvgIpc) is 3.02. The zero-order chi connectivity index (χ0) is 31.1. The first-order valence-corrected chi connectivity index (χ1v) is 18.1. The number of ether oxygens (including phenoxy) is 2. The number of para-hydroxylation sites is 1. The summed E-state index contributed by atoms with van der Waals surface area (Å²) in [6, 6.07) is 18.8. The standard InChI is InChI=1S/C32H20Cl2FN2O5.CH2.In/c1-16-11-18(15-36-30(16)35)21-12-17(7-10-25(21)40-2)22-14-27(37-31(38)23-13-19(33)8-9-24(23)34)42-29-20-5-3-4-6-26(20)41-32(39)28(22)29;;/h3-13,15,22H,1-2H3,(H,37,38);1H2;. The molecule has 2 aromatic heterocycles. The predicted octanol–water partition coefficient (Wildman–Crippen LogP) is 6.88. The van der Waals surface area contributed by atoms with Gasteiger partial charge in [-0.15, -0.1) is 0 Å². The van der Waals surface area contributed by atoms with Gasteiger partial charge in [0.2, 0.25) is 0 Å². The van der Waals surface area contributed by atoms with Gasteiger partial charge in [-0.25, -0.2) is 0 Å². The number of hydrogen-bond donors (Lipinski definition) is 1. The van der Waals surface area contributed by atoms with Crippen molar-refractivity contribution >= 4 is 66.8 Å². The second kappa shape index (κ2) is 12.2. The molecule has 0 saturated heterocycles. The van der Waals surface area contributed by atoms with Gasteiger partial charge in [0.25, 0.3) is 0 Å². The van der Waals surface area contributed by atoms with E-state index in [0.29, 0.717) is 47.3 Å². The number of aryl methyl sites for hydroxylation is 1. The first-order chi connectivity index (χ1) is 21.2. The number of carbonyl (C=O) groups is 1. The van der Waals surface area contributed by atoms with E-state index in [9.17, 15) is 14.0 Å². The summed E-state index contributed by atoms with van der Waals surface area (Å²) in [6.07, 6.45) is 1.43. The number of benzene rings is 3. The van der Waals surface area contributed by atoms with Gasteiger partial charge in [0.05, 0.1) is 0 Å². The van der Waals surface area contributed by atoms with Crippen molar-refractivity contribution in [1.82, 2.24) is 10.3 Å². The number of fused-ring (bicyclic) bond motifs is 3. The van der Waals surface area contributed by atoms with Gasteiger partial charge >= 0.3 is 274 Å². The number of amides is 1. The third-order valence-electron chi connectivity index (χ3n) is 7.37. The molecule has 3 aromatic carbocycles. The van der Waals surface area contributed by atoms with Gasteiger partial charge in [0.1, 0.15) is 0 Å². The van der Waals surface area contributed by atoms with E-state index in [0.717, 1.165) is 0 Å². The van der Waals surface area contributed by atoms with Crippen LogP contribution in [-0.4, -0.2) is 44.7 Å². The number of aromatic nitrogens is 1. The zero-order valence-corrected chi connectivity index (χ0v) is 28.2. The van der Waals surface area contributed by atoms with Gasteiger partial charge in [-0.2, -0.15) is 0 Å². The minimum absolute atomic E-state index is 0.164. The Morgan fingerprint density at radius 3 is 2.66 bits per heavy atom. The molecule has 6 rings (SSSR count). The van der Waals surface area contributed by atoms with Crippen LogP contribution in [0.4, 0.5) is 4.39 Å². The van der Waals surface area contributed by atoms with Crippen LogP contribution in [0.3, 0.4) is 0 Å². The van der Waals surface area contributed by atoms with E-state index in [1.54, 1.807) is 49.4 Å². The Bertz CT molecular complexity index is 2100. The van der Waals surface area contributed by atoms with Crippen LogP contribution in [0.15, 0.2) is 91.4 Å². The normalized spacial score (nSPS) is 14.1. The van der Waals surface area contributed by atoms with Gasteiger partial charge in [-0.1, -0.05) is 0 Å². The number of nitrogens with one attached hydrogen (secondary N) is 1. The molecule has 44 heavy (non-hydrogen) atoms. The van der Waals surface area contributed by atoms with Crippen LogP contribution in [0.5, 0.6) is 11.5 Å². The summed E-state index contributed by atoms with van der Waals surface area (Å²) in [5.74, 6) is -0.771. The van der Waals surface area contributed by atoms with Crippen molar-refractivity contribution in [1.29, 1.82) is 0 Å². The van der Waals surface area contributed by atoms with Crippen LogP contribution < -0.4 is 20.4 Å². The van der Waals surface area contributed by atoms with Gasteiger partial charge in [0, 0.05) is 0 Å². The van der Waals surface area contributed by atoms with Crippen LogP contribution in [0, 0.1) is 12.9 Å².